The predicted octanol–water partition coefficient (Wildman–Crippen LogP) is 2.99. The Morgan fingerprint density at radius 3 is 2.68 bits per heavy atom. The average molecular weight is 263 g/mol. The molecule has 0 fully saturated rings. The summed E-state index contributed by atoms with van der Waals surface area (Å²) in [5.41, 5.74) is 2.24. The van der Waals surface area contributed by atoms with E-state index in [2.05, 4.69) is 55.2 Å². The highest BCUT2D eigenvalue weighted by Crippen LogP contribution is 2.05. The lowest BCUT2D eigenvalue weighted by molar-refractivity contribution is 0.234. The molecule has 1 heterocycles. The fraction of sp³-hybridized carbons (Fsp3) is 0.688. The minimum Gasteiger partial charge on any atom is -0.313 e. The molecule has 19 heavy (non-hydrogen) atoms. The summed E-state index contributed by atoms with van der Waals surface area (Å²) in [6.07, 6.45) is 2.49. The van der Waals surface area contributed by atoms with Crippen LogP contribution < -0.4 is 5.32 Å². The van der Waals surface area contributed by atoms with E-state index in [1.54, 1.807) is 0 Å². The lowest BCUT2D eigenvalue weighted by atomic mass is 10.2. The van der Waals surface area contributed by atoms with Crippen molar-refractivity contribution >= 4 is 0 Å². The van der Waals surface area contributed by atoms with Gasteiger partial charge in [-0.3, -0.25) is 9.88 Å². The topological polar surface area (TPSA) is 28.2 Å². The molecule has 0 aliphatic carbocycles. The second-order valence-electron chi connectivity index (χ2n) is 5.63. The highest BCUT2D eigenvalue weighted by Gasteiger charge is 2.11. The van der Waals surface area contributed by atoms with Gasteiger partial charge in [-0.1, -0.05) is 19.4 Å². The van der Waals surface area contributed by atoms with Crippen molar-refractivity contribution in [3.8, 4) is 0 Å². The summed E-state index contributed by atoms with van der Waals surface area (Å²) in [6.45, 7) is 10.7. The van der Waals surface area contributed by atoms with Gasteiger partial charge in [-0.05, 0) is 46.4 Å². The predicted molar refractivity (Wildman–Crippen MR) is 82.3 cm³/mol. The van der Waals surface area contributed by atoms with E-state index in [4.69, 9.17) is 0 Å². The Labute approximate surface area is 118 Å². The van der Waals surface area contributed by atoms with Crippen molar-refractivity contribution in [1.82, 2.24) is 15.2 Å². The van der Waals surface area contributed by atoms with E-state index in [1.807, 2.05) is 13.0 Å². The molecular weight excluding hydrogens is 234 g/mol. The molecule has 1 aromatic heterocycles. The third kappa shape index (κ3) is 6.17. The minimum atomic E-state index is 0.515. The quantitative estimate of drug-likeness (QED) is 0.781. The summed E-state index contributed by atoms with van der Waals surface area (Å²) < 4.78 is 0. The second kappa shape index (κ2) is 8.28. The van der Waals surface area contributed by atoms with Crippen molar-refractivity contribution in [2.75, 3.05) is 13.6 Å². The number of hydrogen-bond acceptors (Lipinski definition) is 3. The van der Waals surface area contributed by atoms with Crippen LogP contribution in [0.15, 0.2) is 18.2 Å². The van der Waals surface area contributed by atoms with Crippen LogP contribution in [0.4, 0.5) is 0 Å². The Morgan fingerprint density at radius 1 is 1.32 bits per heavy atom. The van der Waals surface area contributed by atoms with Gasteiger partial charge in [-0.15, -0.1) is 0 Å². The van der Waals surface area contributed by atoms with E-state index in [1.165, 1.54) is 12.8 Å². The van der Waals surface area contributed by atoms with Gasteiger partial charge in [0.1, 0.15) is 0 Å². The Morgan fingerprint density at radius 2 is 2.05 bits per heavy atom. The number of likely N-dealkylation sites (N-methyl/N-ethyl adjacent to an activating group) is 1. The summed E-state index contributed by atoms with van der Waals surface area (Å²) in [7, 11) is 2.17. The zero-order valence-electron chi connectivity index (χ0n) is 13.1. The first-order valence-corrected chi connectivity index (χ1v) is 7.39. The molecule has 1 N–H and O–H groups in total. The van der Waals surface area contributed by atoms with Gasteiger partial charge in [0, 0.05) is 30.9 Å². The first kappa shape index (κ1) is 16.1. The minimum absolute atomic E-state index is 0.515. The van der Waals surface area contributed by atoms with Crippen molar-refractivity contribution < 1.29 is 0 Å². The van der Waals surface area contributed by atoms with Crippen molar-refractivity contribution in [1.29, 1.82) is 0 Å². The van der Waals surface area contributed by atoms with Gasteiger partial charge >= 0.3 is 0 Å². The maximum absolute atomic E-state index is 4.56. The van der Waals surface area contributed by atoms with Crippen LogP contribution in [-0.2, 0) is 6.54 Å². The fourth-order valence-electron chi connectivity index (χ4n) is 2.16. The molecule has 2 unspecified atom stereocenters. The van der Waals surface area contributed by atoms with E-state index in [9.17, 15) is 0 Å². The lowest BCUT2D eigenvalue weighted by Gasteiger charge is -2.26. The van der Waals surface area contributed by atoms with Crippen LogP contribution in [0.3, 0.4) is 0 Å². The van der Waals surface area contributed by atoms with Gasteiger partial charge in [0.25, 0.3) is 0 Å². The number of nitrogens with zero attached hydrogens (tertiary/aromatic N) is 2. The second-order valence-corrected chi connectivity index (χ2v) is 5.63. The molecular formula is C16H29N3. The summed E-state index contributed by atoms with van der Waals surface area (Å²) in [5, 5.41) is 3.60. The molecule has 0 saturated carbocycles. The van der Waals surface area contributed by atoms with E-state index < -0.39 is 0 Å². The number of rotatable bonds is 8. The number of aryl methyl sites for hydroxylation is 1. The van der Waals surface area contributed by atoms with Crippen LogP contribution in [0.1, 0.15) is 45.0 Å². The smallest absolute Gasteiger partial charge is 0.0547 e. The molecule has 0 aliphatic heterocycles. The van der Waals surface area contributed by atoms with E-state index in [0.29, 0.717) is 12.1 Å². The summed E-state index contributed by atoms with van der Waals surface area (Å²) in [6, 6.07) is 7.35. The number of nitrogens with one attached hydrogen (secondary N) is 1. The van der Waals surface area contributed by atoms with Crippen LogP contribution in [-0.4, -0.2) is 35.6 Å². The van der Waals surface area contributed by atoms with Crippen LogP contribution >= 0.6 is 0 Å². The number of pyridine rings is 1. The molecule has 0 saturated heterocycles. The Kier molecular flexibility index (Phi) is 7.03. The van der Waals surface area contributed by atoms with Crippen LogP contribution in [0.2, 0.25) is 0 Å². The molecule has 0 radical (unpaired) electrons. The normalized spacial score (nSPS) is 14.6. The van der Waals surface area contributed by atoms with Gasteiger partial charge in [0.2, 0.25) is 0 Å². The third-order valence-electron chi connectivity index (χ3n) is 3.59. The Bertz CT molecular complexity index is 365. The summed E-state index contributed by atoms with van der Waals surface area (Å²) in [5.74, 6) is 0. The molecule has 0 aliphatic rings. The molecule has 1 aromatic rings. The number of aromatic nitrogens is 1. The van der Waals surface area contributed by atoms with E-state index >= 15 is 0 Å². The summed E-state index contributed by atoms with van der Waals surface area (Å²) >= 11 is 0. The molecule has 1 rings (SSSR count). The van der Waals surface area contributed by atoms with Crippen molar-refractivity contribution in [3.63, 3.8) is 0 Å². The van der Waals surface area contributed by atoms with Crippen LogP contribution in [0, 0.1) is 6.92 Å². The lowest BCUT2D eigenvalue weighted by Crippen LogP contribution is -2.40. The molecule has 0 spiro atoms. The molecule has 108 valence electrons. The molecule has 0 bridgehead atoms. The van der Waals surface area contributed by atoms with Crippen LogP contribution in [0.5, 0.6) is 0 Å². The Hall–Kier alpha value is -0.930. The maximum Gasteiger partial charge on any atom is 0.0547 e. The van der Waals surface area contributed by atoms with E-state index in [-0.39, 0.29) is 0 Å². The highest BCUT2D eigenvalue weighted by molar-refractivity contribution is 5.09. The molecule has 3 nitrogen and oxygen atoms in total. The third-order valence-corrected chi connectivity index (χ3v) is 3.59. The van der Waals surface area contributed by atoms with Gasteiger partial charge in [0.05, 0.1) is 5.69 Å². The van der Waals surface area contributed by atoms with Gasteiger partial charge in [-0.2, -0.15) is 0 Å². The monoisotopic (exact) mass is 263 g/mol. The van der Waals surface area contributed by atoms with Gasteiger partial charge in [0.15, 0.2) is 0 Å². The van der Waals surface area contributed by atoms with Crippen molar-refractivity contribution in [3.05, 3.63) is 29.6 Å². The van der Waals surface area contributed by atoms with Gasteiger partial charge in [-0.25, -0.2) is 0 Å². The van der Waals surface area contributed by atoms with Crippen LogP contribution in [0.25, 0.3) is 0 Å². The fourth-order valence-corrected chi connectivity index (χ4v) is 2.16. The van der Waals surface area contributed by atoms with E-state index in [0.717, 1.165) is 24.5 Å². The van der Waals surface area contributed by atoms with Crippen molar-refractivity contribution in [2.45, 2.75) is 59.2 Å². The molecule has 2 atom stereocenters. The molecule has 0 aromatic carbocycles. The molecule has 3 heteroatoms. The van der Waals surface area contributed by atoms with Crippen molar-refractivity contribution in [2.24, 2.45) is 0 Å². The first-order valence-electron chi connectivity index (χ1n) is 7.39. The zero-order valence-corrected chi connectivity index (χ0v) is 13.1. The largest absolute Gasteiger partial charge is 0.313 e. The zero-order chi connectivity index (χ0) is 14.3. The SMILES string of the molecule is CCCC(C)NCC(C)N(C)Cc1cccc(C)n1. The highest BCUT2D eigenvalue weighted by atomic mass is 15.2. The number of hydrogen-bond donors (Lipinski definition) is 1. The average Bonchev–Trinajstić information content (AvgIpc) is 2.36. The summed E-state index contributed by atoms with van der Waals surface area (Å²) in [4.78, 5) is 6.91. The van der Waals surface area contributed by atoms with Gasteiger partial charge < -0.3 is 5.32 Å². The molecule has 0 amide bonds. The maximum atomic E-state index is 4.56. The Balaban J connectivity index is 2.38. The standard InChI is InChI=1S/C16H29N3/c1-6-8-13(2)17-11-15(4)19(5)12-16-10-7-9-14(3)18-16/h7,9-10,13,15,17H,6,8,11-12H2,1-5H3. The first-order chi connectivity index (χ1) is 9.02.